The molecule has 5 unspecified atom stereocenters. The molecule has 0 spiro atoms. The number of amides is 3. The summed E-state index contributed by atoms with van der Waals surface area (Å²) in [7, 11) is 0. The molecular formula is C26H71N6O9+3. The summed E-state index contributed by atoms with van der Waals surface area (Å²) >= 11 is 0. The molecule has 0 aromatic rings. The van der Waals surface area contributed by atoms with Gasteiger partial charge in [-0.25, -0.2) is 4.79 Å². The molecule has 0 aliphatic carbocycles. The molecule has 41 heavy (non-hydrogen) atoms. The summed E-state index contributed by atoms with van der Waals surface area (Å²) in [4.78, 5) is 61.2. The predicted molar refractivity (Wildman–Crippen MR) is 168 cm³/mol. The average molecular weight is 612 g/mol. The Morgan fingerprint density at radius 2 is 0.780 bits per heavy atom. The summed E-state index contributed by atoms with van der Waals surface area (Å²) in [6, 6.07) is -2.78. The number of hydrogen-bond acceptors (Lipinski definition) is 6. The van der Waals surface area contributed by atoms with E-state index >= 15 is 0 Å². The SMILES string of the molecule is C.C.C.C.C.C.C.C.C=CC(=O)O.CC([NH3+])C(=O)NC(C)C(=O)O.CC([NH3+])C(=O)NC(C)C(=O)O.CC([NH3+])C(N)=O. The molecule has 0 heterocycles. The lowest BCUT2D eigenvalue weighted by molar-refractivity contribution is -0.398. The Labute approximate surface area is 250 Å². The van der Waals surface area contributed by atoms with Gasteiger partial charge in [0.15, 0.2) is 18.1 Å². The van der Waals surface area contributed by atoms with Gasteiger partial charge in [-0.3, -0.25) is 24.0 Å². The van der Waals surface area contributed by atoms with Crippen molar-refractivity contribution in [2.75, 3.05) is 0 Å². The van der Waals surface area contributed by atoms with E-state index < -0.39 is 42.1 Å². The summed E-state index contributed by atoms with van der Waals surface area (Å²) in [6.45, 7) is 10.6. The first-order valence-electron chi connectivity index (χ1n) is 9.51. The fourth-order valence-electron chi connectivity index (χ4n) is 0.835. The topological polar surface area (TPSA) is 296 Å². The van der Waals surface area contributed by atoms with E-state index in [0.29, 0.717) is 0 Å². The maximum Gasteiger partial charge on any atom is 0.327 e. The molecule has 0 aromatic heterocycles. The molecule has 0 fully saturated rings. The van der Waals surface area contributed by atoms with Crippen molar-refractivity contribution in [3.05, 3.63) is 12.7 Å². The Morgan fingerprint density at radius 1 is 0.610 bits per heavy atom. The molecule has 0 bridgehead atoms. The van der Waals surface area contributed by atoms with Crippen LogP contribution in [-0.4, -0.2) is 81.2 Å². The van der Waals surface area contributed by atoms with Crippen LogP contribution in [-0.2, 0) is 28.8 Å². The third-order valence-electron chi connectivity index (χ3n) is 3.01. The molecule has 3 amide bonds. The van der Waals surface area contributed by atoms with E-state index in [1.165, 1.54) is 13.8 Å². The summed E-state index contributed by atoms with van der Waals surface area (Å²) in [5.41, 5.74) is 15.0. The van der Waals surface area contributed by atoms with Gasteiger partial charge in [0.25, 0.3) is 17.7 Å². The largest absolute Gasteiger partial charge is 0.480 e. The van der Waals surface area contributed by atoms with E-state index in [0.717, 1.165) is 6.08 Å². The van der Waals surface area contributed by atoms with E-state index in [4.69, 9.17) is 21.1 Å². The van der Waals surface area contributed by atoms with Crippen LogP contribution >= 0.6 is 0 Å². The quantitative estimate of drug-likeness (QED) is 0.165. The molecule has 15 heteroatoms. The van der Waals surface area contributed by atoms with Crippen LogP contribution < -0.4 is 33.6 Å². The highest BCUT2D eigenvalue weighted by Gasteiger charge is 2.18. The second-order valence-electron chi connectivity index (χ2n) is 6.78. The van der Waals surface area contributed by atoms with Gasteiger partial charge in [-0.1, -0.05) is 66.0 Å². The van der Waals surface area contributed by atoms with Gasteiger partial charge in [0, 0.05) is 6.08 Å². The summed E-state index contributed by atoms with van der Waals surface area (Å²) in [6.07, 6.45) is 0.833. The molecule has 0 aromatic carbocycles. The van der Waals surface area contributed by atoms with Crippen molar-refractivity contribution in [3.8, 4) is 0 Å². The third kappa shape index (κ3) is 61.8. The maximum atomic E-state index is 10.8. The molecule has 0 aliphatic rings. The second kappa shape index (κ2) is 43.5. The lowest BCUT2D eigenvalue weighted by atomic mass is 10.3. The van der Waals surface area contributed by atoms with E-state index in [1.54, 1.807) is 20.8 Å². The number of nitrogens with two attached hydrogens (primary N) is 1. The molecular weight excluding hydrogens is 540 g/mol. The average Bonchev–Trinajstić information content (AvgIpc) is 2.68. The maximum absolute atomic E-state index is 10.8. The van der Waals surface area contributed by atoms with Crippen molar-refractivity contribution >= 4 is 35.6 Å². The normalized spacial score (nSPS) is 10.9. The molecule has 0 radical (unpaired) electrons. The van der Waals surface area contributed by atoms with Crippen LogP contribution in [0.1, 0.15) is 94.0 Å². The molecule has 0 rings (SSSR count). The molecule has 0 saturated heterocycles. The summed E-state index contributed by atoms with van der Waals surface area (Å²) in [5, 5.41) is 28.9. The minimum atomic E-state index is -1.04. The Hall–Kier alpha value is -3.56. The van der Waals surface area contributed by atoms with Crippen LogP contribution in [0.2, 0.25) is 0 Å². The number of nitrogens with one attached hydrogen (secondary N) is 2. The fraction of sp³-hybridized carbons (Fsp3) is 0.692. The van der Waals surface area contributed by atoms with Crippen molar-refractivity contribution in [1.82, 2.24) is 10.6 Å². The van der Waals surface area contributed by atoms with Crippen molar-refractivity contribution < 1.29 is 61.3 Å². The van der Waals surface area contributed by atoms with Gasteiger partial charge in [0.05, 0.1) is 0 Å². The third-order valence-corrected chi connectivity index (χ3v) is 3.01. The number of rotatable bonds is 8. The molecule has 15 nitrogen and oxygen atoms in total. The number of carbonyl (C=O) groups excluding carboxylic acids is 3. The summed E-state index contributed by atoms with van der Waals surface area (Å²) in [5.74, 6) is -4.11. The first kappa shape index (κ1) is 76.8. The van der Waals surface area contributed by atoms with E-state index in [-0.39, 0.29) is 83.2 Å². The number of primary amides is 1. The Balaban J connectivity index is -0.0000000267. The standard InChI is InChI=1S/2C6H12N2O3.C3H8N2O.C3H4O2.8CH4/c2*1-3(7)5(9)8-4(2)6(10)11;1-2(4)3(5)6;1-2-3(4)5;;;;;;;;/h2*3-4H,7H2,1-2H3,(H,8,9)(H,10,11);2H,4H2,1H3,(H2,5,6);2H,1H2,(H,4,5);8*1H4/p+3. The molecule has 5 atom stereocenters. The Bertz CT molecular complexity index is 634. The van der Waals surface area contributed by atoms with Crippen LogP contribution in [0.25, 0.3) is 0 Å². The van der Waals surface area contributed by atoms with Crippen LogP contribution in [0.15, 0.2) is 12.7 Å². The van der Waals surface area contributed by atoms with Gasteiger partial charge in [0.1, 0.15) is 12.1 Å². The fourth-order valence-corrected chi connectivity index (χ4v) is 0.835. The molecule has 0 aliphatic heterocycles. The minimum Gasteiger partial charge on any atom is -0.480 e. The predicted octanol–water partition coefficient (Wildman–Crippen LogP) is -0.140. The molecule has 256 valence electrons. The van der Waals surface area contributed by atoms with Gasteiger partial charge in [0.2, 0.25) is 0 Å². The number of quaternary nitrogens is 3. The van der Waals surface area contributed by atoms with Crippen LogP contribution in [0.3, 0.4) is 0 Å². The minimum absolute atomic E-state index is 0. The zero-order chi connectivity index (χ0) is 27.5. The second-order valence-corrected chi connectivity index (χ2v) is 6.78. The highest BCUT2D eigenvalue weighted by atomic mass is 16.4. The lowest BCUT2D eigenvalue weighted by Gasteiger charge is -2.08. The monoisotopic (exact) mass is 612 g/mol. The van der Waals surface area contributed by atoms with Crippen molar-refractivity contribution in [2.45, 2.75) is 124 Å². The highest BCUT2D eigenvalue weighted by molar-refractivity contribution is 5.86. The molecule has 16 N–H and O–H groups in total. The lowest BCUT2D eigenvalue weighted by Crippen LogP contribution is -2.66. The van der Waals surface area contributed by atoms with Crippen LogP contribution in [0, 0.1) is 0 Å². The Morgan fingerprint density at radius 3 is 0.854 bits per heavy atom. The van der Waals surface area contributed by atoms with Gasteiger partial charge < -0.3 is 48.9 Å². The van der Waals surface area contributed by atoms with E-state index in [2.05, 4.69) is 34.4 Å². The number of hydrogen-bond donors (Lipinski definition) is 9. The van der Waals surface area contributed by atoms with Gasteiger partial charge in [-0.05, 0) is 34.6 Å². The molecule has 0 saturated carbocycles. The zero-order valence-corrected chi connectivity index (χ0v) is 19.7. The zero-order valence-electron chi connectivity index (χ0n) is 19.7. The summed E-state index contributed by atoms with van der Waals surface area (Å²) < 4.78 is 0. The number of carboxylic acids is 3. The van der Waals surface area contributed by atoms with Crippen molar-refractivity contribution in [1.29, 1.82) is 0 Å². The Kier molecular flexibility index (Phi) is 81.5. The first-order chi connectivity index (χ1) is 14.8. The van der Waals surface area contributed by atoms with Crippen molar-refractivity contribution in [3.63, 3.8) is 0 Å². The van der Waals surface area contributed by atoms with Gasteiger partial charge in [-0.15, -0.1) is 0 Å². The van der Waals surface area contributed by atoms with Crippen LogP contribution in [0.5, 0.6) is 0 Å². The van der Waals surface area contributed by atoms with Gasteiger partial charge >= 0.3 is 17.9 Å². The van der Waals surface area contributed by atoms with E-state index in [1.807, 2.05) is 0 Å². The smallest absolute Gasteiger partial charge is 0.327 e. The number of aliphatic carboxylic acids is 3. The van der Waals surface area contributed by atoms with Crippen molar-refractivity contribution in [2.24, 2.45) is 5.73 Å². The number of carboxylic acid groups (broad SMARTS) is 3. The van der Waals surface area contributed by atoms with Crippen LogP contribution in [0.4, 0.5) is 0 Å². The first-order valence-corrected chi connectivity index (χ1v) is 9.51. The van der Waals surface area contributed by atoms with E-state index in [9.17, 15) is 28.8 Å². The van der Waals surface area contributed by atoms with Gasteiger partial charge in [-0.2, -0.15) is 0 Å². The highest BCUT2D eigenvalue weighted by Crippen LogP contribution is 1.82. The number of carbonyl (C=O) groups is 6.